The number of benzene rings is 1. The largest absolute Gasteiger partial charge is 0.490 e. The first-order valence-electron chi connectivity index (χ1n) is 7.43. The van der Waals surface area contributed by atoms with E-state index in [0.29, 0.717) is 30.6 Å². The van der Waals surface area contributed by atoms with Crippen LogP contribution >= 0.6 is 0 Å². The first kappa shape index (κ1) is 16.2. The van der Waals surface area contributed by atoms with Gasteiger partial charge in [0, 0.05) is 30.8 Å². The number of aliphatic hydroxyl groups excluding tert-OH is 1. The van der Waals surface area contributed by atoms with E-state index in [2.05, 4.69) is 18.7 Å². The number of aliphatic hydroxyl groups is 1. The van der Waals surface area contributed by atoms with Crippen LogP contribution in [-0.4, -0.2) is 48.5 Å². The highest BCUT2D eigenvalue weighted by atomic mass is 19.1. The number of hydrogen-bond acceptors (Lipinski definition) is 4. The number of nitrogens with zero attached hydrogens (tertiary/aromatic N) is 1. The van der Waals surface area contributed by atoms with Crippen LogP contribution in [0.5, 0.6) is 5.75 Å². The molecular formula is C16H24FNO3. The molecule has 1 aromatic carbocycles. The Kier molecular flexibility index (Phi) is 5.56. The lowest BCUT2D eigenvalue weighted by atomic mass is 10.1. The van der Waals surface area contributed by atoms with Crippen molar-refractivity contribution in [1.82, 2.24) is 4.90 Å². The minimum Gasteiger partial charge on any atom is -0.490 e. The van der Waals surface area contributed by atoms with Crippen molar-refractivity contribution in [2.24, 2.45) is 0 Å². The monoisotopic (exact) mass is 297 g/mol. The third-order valence-corrected chi connectivity index (χ3v) is 3.75. The summed E-state index contributed by atoms with van der Waals surface area (Å²) in [6, 6.07) is 4.66. The number of ether oxygens (including phenoxy) is 2. The minimum atomic E-state index is -0.694. The van der Waals surface area contributed by atoms with E-state index in [1.54, 1.807) is 13.0 Å². The molecule has 1 saturated heterocycles. The van der Waals surface area contributed by atoms with Gasteiger partial charge in [-0.2, -0.15) is 0 Å². The van der Waals surface area contributed by atoms with Gasteiger partial charge in [-0.05, 0) is 32.9 Å². The van der Waals surface area contributed by atoms with Crippen molar-refractivity contribution in [1.29, 1.82) is 0 Å². The van der Waals surface area contributed by atoms with Gasteiger partial charge in [-0.15, -0.1) is 0 Å². The van der Waals surface area contributed by atoms with Gasteiger partial charge < -0.3 is 14.6 Å². The van der Waals surface area contributed by atoms with E-state index in [-0.39, 0.29) is 11.9 Å². The molecule has 1 fully saturated rings. The van der Waals surface area contributed by atoms with Crippen molar-refractivity contribution in [2.75, 3.05) is 26.3 Å². The van der Waals surface area contributed by atoms with Crippen LogP contribution in [0.4, 0.5) is 4.39 Å². The van der Waals surface area contributed by atoms with Gasteiger partial charge in [0.2, 0.25) is 0 Å². The lowest BCUT2D eigenvalue weighted by Gasteiger charge is -2.35. The molecule has 0 amide bonds. The molecule has 0 saturated carbocycles. The summed E-state index contributed by atoms with van der Waals surface area (Å²) in [5.41, 5.74) is 0.591. The Bertz CT molecular complexity index is 465. The molecule has 2 rings (SSSR count). The number of halogens is 1. The predicted molar refractivity (Wildman–Crippen MR) is 79.0 cm³/mol. The summed E-state index contributed by atoms with van der Waals surface area (Å²) in [5.74, 6) is 0.0121. The second kappa shape index (κ2) is 7.20. The first-order valence-corrected chi connectivity index (χ1v) is 7.43. The van der Waals surface area contributed by atoms with Crippen molar-refractivity contribution < 1.29 is 19.0 Å². The summed E-state index contributed by atoms with van der Waals surface area (Å²) in [7, 11) is 0. The van der Waals surface area contributed by atoms with E-state index in [0.717, 1.165) is 13.1 Å². The van der Waals surface area contributed by atoms with E-state index >= 15 is 0 Å². The summed E-state index contributed by atoms with van der Waals surface area (Å²) in [6.45, 7) is 8.70. The number of morpholine rings is 1. The molecule has 0 aliphatic carbocycles. The molecule has 1 N–H and O–H groups in total. The van der Waals surface area contributed by atoms with Gasteiger partial charge in [0.1, 0.15) is 24.3 Å². The van der Waals surface area contributed by atoms with Gasteiger partial charge in [-0.25, -0.2) is 4.39 Å². The summed E-state index contributed by atoms with van der Waals surface area (Å²) < 4.78 is 24.7. The zero-order valence-corrected chi connectivity index (χ0v) is 12.9. The zero-order chi connectivity index (χ0) is 15.4. The molecular weight excluding hydrogens is 273 g/mol. The fourth-order valence-corrected chi connectivity index (χ4v) is 2.47. The van der Waals surface area contributed by atoms with Crippen molar-refractivity contribution in [3.8, 4) is 5.75 Å². The van der Waals surface area contributed by atoms with E-state index in [9.17, 15) is 9.50 Å². The van der Waals surface area contributed by atoms with Crippen LogP contribution in [0.3, 0.4) is 0 Å². The Morgan fingerprint density at radius 1 is 1.43 bits per heavy atom. The molecule has 0 radical (unpaired) electrons. The van der Waals surface area contributed by atoms with Crippen LogP contribution in [0.15, 0.2) is 18.2 Å². The van der Waals surface area contributed by atoms with E-state index in [4.69, 9.17) is 9.47 Å². The van der Waals surface area contributed by atoms with Gasteiger partial charge >= 0.3 is 0 Å². The molecule has 21 heavy (non-hydrogen) atoms. The van der Waals surface area contributed by atoms with Crippen LogP contribution < -0.4 is 4.74 Å². The molecule has 0 aromatic heterocycles. The van der Waals surface area contributed by atoms with Crippen LogP contribution in [-0.2, 0) is 4.74 Å². The SMILES string of the molecule is CC(O)c1ccc(F)cc1OCC1CN(C(C)C)CCO1. The quantitative estimate of drug-likeness (QED) is 0.906. The van der Waals surface area contributed by atoms with Crippen molar-refractivity contribution >= 4 is 0 Å². The molecule has 0 spiro atoms. The lowest BCUT2D eigenvalue weighted by molar-refractivity contribution is -0.0567. The van der Waals surface area contributed by atoms with E-state index in [1.165, 1.54) is 12.1 Å². The zero-order valence-electron chi connectivity index (χ0n) is 12.9. The van der Waals surface area contributed by atoms with Crippen LogP contribution in [0.25, 0.3) is 0 Å². The summed E-state index contributed by atoms with van der Waals surface area (Å²) in [5, 5.41) is 9.71. The molecule has 2 atom stereocenters. The maximum Gasteiger partial charge on any atom is 0.128 e. The summed E-state index contributed by atoms with van der Waals surface area (Å²) >= 11 is 0. The molecule has 2 unspecified atom stereocenters. The van der Waals surface area contributed by atoms with Crippen molar-refractivity contribution in [3.05, 3.63) is 29.6 Å². The molecule has 118 valence electrons. The maximum absolute atomic E-state index is 13.3. The molecule has 1 aliphatic heterocycles. The fraction of sp³-hybridized carbons (Fsp3) is 0.625. The number of rotatable bonds is 5. The normalized spacial score (nSPS) is 21.5. The second-order valence-corrected chi connectivity index (χ2v) is 5.75. The third-order valence-electron chi connectivity index (χ3n) is 3.75. The van der Waals surface area contributed by atoms with Crippen molar-refractivity contribution in [3.63, 3.8) is 0 Å². The summed E-state index contributed by atoms with van der Waals surface area (Å²) in [4.78, 5) is 2.33. The average Bonchev–Trinajstić information content (AvgIpc) is 2.45. The summed E-state index contributed by atoms with van der Waals surface area (Å²) in [6.07, 6.45) is -0.730. The van der Waals surface area contributed by atoms with Crippen LogP contribution in [0.1, 0.15) is 32.4 Å². The fourth-order valence-electron chi connectivity index (χ4n) is 2.47. The average molecular weight is 297 g/mol. The molecule has 0 bridgehead atoms. The Morgan fingerprint density at radius 2 is 2.19 bits per heavy atom. The molecule has 1 heterocycles. The third kappa shape index (κ3) is 4.40. The molecule has 1 aliphatic rings. The van der Waals surface area contributed by atoms with Gasteiger partial charge in [0.15, 0.2) is 0 Å². The maximum atomic E-state index is 13.3. The Labute approximate surface area is 125 Å². The topological polar surface area (TPSA) is 41.9 Å². The lowest BCUT2D eigenvalue weighted by Crippen LogP contribution is -2.47. The Balaban J connectivity index is 1.98. The first-order chi connectivity index (χ1) is 9.97. The van der Waals surface area contributed by atoms with Crippen LogP contribution in [0.2, 0.25) is 0 Å². The highest BCUT2D eigenvalue weighted by Gasteiger charge is 2.23. The van der Waals surface area contributed by atoms with E-state index < -0.39 is 6.10 Å². The van der Waals surface area contributed by atoms with Gasteiger partial charge in [-0.3, -0.25) is 4.90 Å². The molecule has 1 aromatic rings. The van der Waals surface area contributed by atoms with Crippen LogP contribution in [0, 0.1) is 5.82 Å². The Morgan fingerprint density at radius 3 is 2.86 bits per heavy atom. The van der Waals surface area contributed by atoms with Gasteiger partial charge in [0.05, 0.1) is 12.7 Å². The van der Waals surface area contributed by atoms with E-state index in [1.807, 2.05) is 0 Å². The molecule has 5 heteroatoms. The smallest absolute Gasteiger partial charge is 0.128 e. The highest BCUT2D eigenvalue weighted by Crippen LogP contribution is 2.26. The Hall–Kier alpha value is -1.17. The number of hydrogen-bond donors (Lipinski definition) is 1. The minimum absolute atomic E-state index is 0.0359. The standard InChI is InChI=1S/C16H24FNO3/c1-11(2)18-6-7-20-14(9-18)10-21-16-8-13(17)4-5-15(16)12(3)19/h4-5,8,11-12,14,19H,6-7,9-10H2,1-3H3. The highest BCUT2D eigenvalue weighted by molar-refractivity contribution is 5.35. The predicted octanol–water partition coefficient (Wildman–Crippen LogP) is 2.37. The molecule has 4 nitrogen and oxygen atoms in total. The van der Waals surface area contributed by atoms with Crippen molar-refractivity contribution in [2.45, 2.75) is 39.0 Å². The second-order valence-electron chi connectivity index (χ2n) is 5.75. The van der Waals surface area contributed by atoms with Gasteiger partial charge in [-0.1, -0.05) is 0 Å². The van der Waals surface area contributed by atoms with Gasteiger partial charge in [0.25, 0.3) is 0 Å².